The third kappa shape index (κ3) is 2.44. The van der Waals surface area contributed by atoms with Crippen LogP contribution in [0.25, 0.3) is 11.1 Å². The first-order valence-corrected chi connectivity index (χ1v) is 6.72. The van der Waals surface area contributed by atoms with Gasteiger partial charge >= 0.3 is 0 Å². The Morgan fingerprint density at radius 2 is 1.73 bits per heavy atom. The van der Waals surface area contributed by atoms with Gasteiger partial charge in [-0.1, -0.05) is 52.3 Å². The maximum Gasteiger partial charge on any atom is 0.0264 e. The average molecular weight is 279 g/mol. The van der Waals surface area contributed by atoms with E-state index in [-0.39, 0.29) is 0 Å². The average Bonchev–Trinajstić information content (AvgIpc) is 2.30. The van der Waals surface area contributed by atoms with Crippen LogP contribution in [-0.2, 0) is 0 Å². The van der Waals surface area contributed by atoms with Crippen molar-refractivity contribution >= 4 is 27.7 Å². The molecule has 0 atom stereocenters. The maximum atomic E-state index is 3.61. The van der Waals surface area contributed by atoms with Crippen LogP contribution in [-0.4, -0.2) is 6.26 Å². The summed E-state index contributed by atoms with van der Waals surface area (Å²) in [5.74, 6) is 0. The van der Waals surface area contributed by atoms with E-state index >= 15 is 0 Å². The Balaban J connectivity index is 2.46. The fourth-order valence-corrected chi connectivity index (χ4v) is 2.67. The highest BCUT2D eigenvalue weighted by molar-refractivity contribution is 9.10. The number of benzene rings is 2. The molecule has 2 aromatic rings. The van der Waals surface area contributed by atoms with Crippen molar-refractivity contribution in [2.24, 2.45) is 0 Å². The summed E-state index contributed by atoms with van der Waals surface area (Å²) in [6.45, 7) is 0. The van der Waals surface area contributed by atoms with Gasteiger partial charge < -0.3 is 0 Å². The summed E-state index contributed by atoms with van der Waals surface area (Å²) >= 11 is 5.37. The molecule has 0 aliphatic heterocycles. The highest BCUT2D eigenvalue weighted by atomic mass is 79.9. The Morgan fingerprint density at radius 1 is 1.00 bits per heavy atom. The summed E-state index contributed by atoms with van der Waals surface area (Å²) in [6, 6.07) is 16.9. The van der Waals surface area contributed by atoms with E-state index in [0.29, 0.717) is 0 Å². The summed E-state index contributed by atoms with van der Waals surface area (Å²) in [7, 11) is 0. The Kier molecular flexibility index (Phi) is 3.49. The molecule has 0 amide bonds. The number of rotatable bonds is 2. The van der Waals surface area contributed by atoms with Crippen LogP contribution in [0.2, 0.25) is 0 Å². The van der Waals surface area contributed by atoms with Gasteiger partial charge in [0.1, 0.15) is 0 Å². The van der Waals surface area contributed by atoms with E-state index < -0.39 is 0 Å². The zero-order valence-corrected chi connectivity index (χ0v) is 10.8. The van der Waals surface area contributed by atoms with Crippen LogP contribution in [0.3, 0.4) is 0 Å². The van der Waals surface area contributed by atoms with E-state index in [2.05, 4.69) is 64.7 Å². The summed E-state index contributed by atoms with van der Waals surface area (Å²) in [6.07, 6.45) is 2.09. The van der Waals surface area contributed by atoms with E-state index in [1.807, 2.05) is 6.07 Å². The van der Waals surface area contributed by atoms with Crippen molar-refractivity contribution < 1.29 is 0 Å². The second-order valence-electron chi connectivity index (χ2n) is 3.21. The minimum absolute atomic E-state index is 1.15. The van der Waals surface area contributed by atoms with Crippen LogP contribution in [0.4, 0.5) is 0 Å². The molecule has 0 fully saturated rings. The molecule has 0 radical (unpaired) electrons. The first-order valence-electron chi connectivity index (χ1n) is 4.70. The topological polar surface area (TPSA) is 0 Å². The van der Waals surface area contributed by atoms with Crippen molar-refractivity contribution in [3.63, 3.8) is 0 Å². The van der Waals surface area contributed by atoms with Crippen molar-refractivity contribution in [1.82, 2.24) is 0 Å². The maximum absolute atomic E-state index is 3.61. The fourth-order valence-electron chi connectivity index (χ4n) is 1.47. The van der Waals surface area contributed by atoms with Crippen molar-refractivity contribution in [2.75, 3.05) is 6.26 Å². The molecule has 0 nitrogen and oxygen atoms in total. The molecule has 0 aromatic heterocycles. The van der Waals surface area contributed by atoms with Gasteiger partial charge in [0, 0.05) is 9.37 Å². The van der Waals surface area contributed by atoms with Crippen LogP contribution in [0.5, 0.6) is 0 Å². The second kappa shape index (κ2) is 4.86. The SMILES string of the molecule is CSc1ccc(-c2ccccc2)c(Br)c1. The zero-order valence-electron chi connectivity index (χ0n) is 8.41. The van der Waals surface area contributed by atoms with Gasteiger partial charge in [0.15, 0.2) is 0 Å². The molecule has 2 aromatic carbocycles. The minimum atomic E-state index is 1.15. The highest BCUT2D eigenvalue weighted by Crippen LogP contribution is 2.31. The number of thioether (sulfide) groups is 1. The molecular formula is C13H11BrS. The predicted molar refractivity (Wildman–Crippen MR) is 71.4 cm³/mol. The van der Waals surface area contributed by atoms with Gasteiger partial charge in [-0.15, -0.1) is 11.8 Å². The van der Waals surface area contributed by atoms with Crippen LogP contribution >= 0.6 is 27.7 Å². The second-order valence-corrected chi connectivity index (χ2v) is 4.95. The van der Waals surface area contributed by atoms with Crippen molar-refractivity contribution in [2.45, 2.75) is 4.90 Å². The molecule has 0 bridgehead atoms. The molecular weight excluding hydrogens is 268 g/mol. The van der Waals surface area contributed by atoms with Gasteiger partial charge in [0.05, 0.1) is 0 Å². The molecule has 2 rings (SSSR count). The van der Waals surface area contributed by atoms with Crippen LogP contribution in [0.1, 0.15) is 0 Å². The van der Waals surface area contributed by atoms with Gasteiger partial charge in [-0.05, 0) is 29.5 Å². The molecule has 76 valence electrons. The molecule has 0 aliphatic rings. The fraction of sp³-hybridized carbons (Fsp3) is 0.0769. The summed E-state index contributed by atoms with van der Waals surface area (Å²) < 4.78 is 1.15. The van der Waals surface area contributed by atoms with Gasteiger partial charge in [-0.2, -0.15) is 0 Å². The molecule has 0 saturated carbocycles. The Labute approximate surface area is 103 Å². The standard InChI is InChI=1S/C13H11BrS/c1-15-11-7-8-12(13(14)9-11)10-5-3-2-4-6-10/h2-9H,1H3. The van der Waals surface area contributed by atoms with E-state index in [9.17, 15) is 0 Å². The number of hydrogen-bond donors (Lipinski definition) is 0. The van der Waals surface area contributed by atoms with Crippen LogP contribution in [0, 0.1) is 0 Å². The van der Waals surface area contributed by atoms with E-state index in [4.69, 9.17) is 0 Å². The molecule has 0 heterocycles. The normalized spacial score (nSPS) is 10.3. The monoisotopic (exact) mass is 278 g/mol. The minimum Gasteiger partial charge on any atom is -0.130 e. The predicted octanol–water partition coefficient (Wildman–Crippen LogP) is 4.84. The third-order valence-electron chi connectivity index (χ3n) is 2.26. The van der Waals surface area contributed by atoms with E-state index in [0.717, 1.165) is 4.47 Å². The molecule has 0 N–H and O–H groups in total. The molecule has 0 unspecified atom stereocenters. The van der Waals surface area contributed by atoms with Crippen molar-refractivity contribution in [3.8, 4) is 11.1 Å². The lowest BCUT2D eigenvalue weighted by Crippen LogP contribution is -1.80. The first-order chi connectivity index (χ1) is 7.31. The lowest BCUT2D eigenvalue weighted by atomic mass is 10.1. The van der Waals surface area contributed by atoms with Crippen LogP contribution in [0.15, 0.2) is 57.9 Å². The lowest BCUT2D eigenvalue weighted by Gasteiger charge is -2.06. The summed E-state index contributed by atoms with van der Waals surface area (Å²) in [5, 5.41) is 0. The van der Waals surface area contributed by atoms with Crippen LogP contribution < -0.4 is 0 Å². The number of hydrogen-bond acceptors (Lipinski definition) is 1. The smallest absolute Gasteiger partial charge is 0.0264 e. The summed E-state index contributed by atoms with van der Waals surface area (Å²) in [5.41, 5.74) is 2.49. The van der Waals surface area contributed by atoms with Crippen molar-refractivity contribution in [3.05, 3.63) is 53.0 Å². The number of halogens is 1. The van der Waals surface area contributed by atoms with Crippen molar-refractivity contribution in [1.29, 1.82) is 0 Å². The van der Waals surface area contributed by atoms with Gasteiger partial charge in [0.2, 0.25) is 0 Å². The van der Waals surface area contributed by atoms with Gasteiger partial charge in [-0.25, -0.2) is 0 Å². The Morgan fingerprint density at radius 3 is 2.33 bits per heavy atom. The molecule has 2 heteroatoms. The summed E-state index contributed by atoms with van der Waals surface area (Å²) in [4.78, 5) is 1.28. The lowest BCUT2D eigenvalue weighted by molar-refractivity contribution is 1.43. The van der Waals surface area contributed by atoms with E-state index in [1.165, 1.54) is 16.0 Å². The molecule has 15 heavy (non-hydrogen) atoms. The van der Waals surface area contributed by atoms with Gasteiger partial charge in [-0.3, -0.25) is 0 Å². The molecule has 0 saturated heterocycles. The van der Waals surface area contributed by atoms with Gasteiger partial charge in [0.25, 0.3) is 0 Å². The largest absolute Gasteiger partial charge is 0.130 e. The molecule has 0 spiro atoms. The zero-order chi connectivity index (χ0) is 10.7. The quantitative estimate of drug-likeness (QED) is 0.709. The Hall–Kier alpha value is -0.730. The Bertz CT molecular complexity index is 451. The molecule has 0 aliphatic carbocycles. The van der Waals surface area contributed by atoms with E-state index in [1.54, 1.807) is 11.8 Å². The third-order valence-corrected chi connectivity index (χ3v) is 3.64. The highest BCUT2D eigenvalue weighted by Gasteiger charge is 2.02. The first kappa shape index (κ1) is 10.8.